The molecule has 0 amide bonds. The van der Waals surface area contributed by atoms with Crippen LogP contribution in [-0.2, 0) is 0 Å². The first-order valence-corrected chi connectivity index (χ1v) is 3.44. The average Bonchev–Trinajstić information content (AvgIpc) is 0.811. The minimum atomic E-state index is 0.785. The molecule has 0 rings (SSSR count). The molecule has 0 bridgehead atoms. The van der Waals surface area contributed by atoms with Crippen molar-refractivity contribution in [2.75, 3.05) is 0 Å². The molecule has 0 spiro atoms. The van der Waals surface area contributed by atoms with E-state index in [2.05, 4.69) is 22.9 Å². The molecule has 0 fully saturated rings. The van der Waals surface area contributed by atoms with Gasteiger partial charge >= 0.3 is 52.9 Å². The van der Waals surface area contributed by atoms with E-state index >= 15 is 0 Å². The Labute approximate surface area is 52.5 Å². The van der Waals surface area contributed by atoms with Crippen molar-refractivity contribution in [1.29, 1.82) is 0 Å². The Morgan fingerprint density at radius 3 is 2.00 bits per heavy atom. The Balaban J connectivity index is 2.32. The van der Waals surface area contributed by atoms with E-state index in [1.54, 1.807) is 0 Å². The van der Waals surface area contributed by atoms with Crippen LogP contribution in [0.2, 0.25) is 0 Å². The maximum atomic E-state index is 3.33. The average molecular weight is 131 g/mol. The molecule has 2 heteroatoms. The summed E-state index contributed by atoms with van der Waals surface area (Å²) in [6.07, 6.45) is 0. The van der Waals surface area contributed by atoms with Crippen LogP contribution in [0, 0.1) is 0 Å². The van der Waals surface area contributed by atoms with Gasteiger partial charge in [-0.1, -0.05) is 0 Å². The summed E-state index contributed by atoms with van der Waals surface area (Å²) in [4.78, 5) is 0. The van der Waals surface area contributed by atoms with Gasteiger partial charge in [-0.15, -0.1) is 0 Å². The second-order valence-electron chi connectivity index (χ2n) is 1.01. The third-order valence-electron chi connectivity index (χ3n) is 0. The van der Waals surface area contributed by atoms with Gasteiger partial charge in [0.1, 0.15) is 0 Å². The fraction of sp³-hybridized carbons (Fsp3) is 1.00. The Hall–Kier alpha value is 1.48. The molecule has 1 atom stereocenters. The second-order valence-corrected chi connectivity index (χ2v) is 6.27. The Morgan fingerprint density at radius 1 is 2.00 bits per heavy atom. The topological polar surface area (TPSA) is 0 Å². The first-order valence-electron chi connectivity index (χ1n) is 1.37. The zero-order chi connectivity index (χ0) is 3.58. The van der Waals surface area contributed by atoms with E-state index in [9.17, 15) is 0 Å². The van der Waals surface area contributed by atoms with Gasteiger partial charge in [0, 0.05) is 0 Å². The molecule has 0 aliphatic rings. The molecule has 0 aliphatic heterocycles. The second kappa shape index (κ2) is 2.70. The maximum absolute atomic E-state index is 3.33. The molecule has 0 aliphatic carbocycles. The molecule has 0 saturated heterocycles. The summed E-state index contributed by atoms with van der Waals surface area (Å²) in [7, 11) is 0. The molecule has 0 radical (unpaired) electrons. The van der Waals surface area contributed by atoms with Gasteiger partial charge in [-0.05, 0) is 0 Å². The first-order chi connectivity index (χ1) is 1.73. The van der Waals surface area contributed by atoms with Crippen LogP contribution in [-0.4, -0.2) is 30.0 Å². The van der Waals surface area contributed by atoms with Crippen LogP contribution in [0.15, 0.2) is 0 Å². The summed E-state index contributed by atoms with van der Waals surface area (Å²) in [6, 6.07) is 0. The summed E-state index contributed by atoms with van der Waals surface area (Å²) in [5, 5.41) is 0. The SMILES string of the molecule is C[CH]([Na])Br. The Morgan fingerprint density at radius 2 is 2.00 bits per heavy atom. The van der Waals surface area contributed by atoms with E-state index in [0.717, 1.165) is 2.08 Å². The van der Waals surface area contributed by atoms with Crippen molar-refractivity contribution in [3.63, 3.8) is 0 Å². The number of hydrogen-bond acceptors (Lipinski definition) is 0. The zero-order valence-corrected chi connectivity index (χ0v) is 6.54. The number of rotatable bonds is 0. The summed E-state index contributed by atoms with van der Waals surface area (Å²) < 4.78 is 0.785. The van der Waals surface area contributed by atoms with Crippen molar-refractivity contribution in [2.24, 2.45) is 0 Å². The summed E-state index contributed by atoms with van der Waals surface area (Å²) in [5.74, 6) is 0. The molecule has 0 aromatic rings. The van der Waals surface area contributed by atoms with Crippen LogP contribution in [0.4, 0.5) is 0 Å². The molecule has 0 aromatic carbocycles. The van der Waals surface area contributed by atoms with Crippen molar-refractivity contribution in [1.82, 2.24) is 0 Å². The minimum absolute atomic E-state index is 0.785. The van der Waals surface area contributed by atoms with E-state index in [4.69, 9.17) is 0 Å². The van der Waals surface area contributed by atoms with E-state index in [0.29, 0.717) is 0 Å². The van der Waals surface area contributed by atoms with Crippen molar-refractivity contribution in [2.45, 2.75) is 9.00 Å². The van der Waals surface area contributed by atoms with Gasteiger partial charge in [0.2, 0.25) is 0 Å². The van der Waals surface area contributed by atoms with E-state index in [1.165, 1.54) is 27.9 Å². The molecular formula is C2H4BrNa. The third-order valence-corrected chi connectivity index (χ3v) is 0. The number of halogens is 1. The van der Waals surface area contributed by atoms with Gasteiger partial charge in [0.05, 0.1) is 0 Å². The Bertz CT molecular complexity index is 10.8. The monoisotopic (exact) mass is 130 g/mol. The number of hydrogen-bond donors (Lipinski definition) is 0. The summed E-state index contributed by atoms with van der Waals surface area (Å²) >= 11 is 4.60. The van der Waals surface area contributed by atoms with E-state index < -0.39 is 0 Å². The molecule has 0 nitrogen and oxygen atoms in total. The van der Waals surface area contributed by atoms with Crippen LogP contribution in [0.25, 0.3) is 0 Å². The molecule has 0 N–H and O–H groups in total. The fourth-order valence-corrected chi connectivity index (χ4v) is 0. The van der Waals surface area contributed by atoms with Gasteiger partial charge in [-0.2, -0.15) is 0 Å². The van der Waals surface area contributed by atoms with Crippen LogP contribution in [0.1, 0.15) is 6.92 Å². The van der Waals surface area contributed by atoms with E-state index in [1.807, 2.05) is 0 Å². The van der Waals surface area contributed by atoms with Crippen molar-refractivity contribution in [3.8, 4) is 0 Å². The molecule has 4 heavy (non-hydrogen) atoms. The van der Waals surface area contributed by atoms with Crippen molar-refractivity contribution >= 4 is 43.9 Å². The number of alkyl halides is 1. The molecule has 20 valence electrons. The first kappa shape index (κ1) is 5.48. The van der Waals surface area contributed by atoms with Crippen molar-refractivity contribution in [3.05, 3.63) is 0 Å². The van der Waals surface area contributed by atoms with Gasteiger partial charge < -0.3 is 0 Å². The van der Waals surface area contributed by atoms with Crippen LogP contribution < -0.4 is 0 Å². The zero-order valence-electron chi connectivity index (χ0n) is 2.96. The standard InChI is InChI=1S/C2H4Br.Na/c1-2-3;/h2H,1H3;. The molecule has 0 heterocycles. The third kappa shape index (κ3) is 9.77. The summed E-state index contributed by atoms with van der Waals surface area (Å²) in [5.41, 5.74) is 0. The Kier molecular flexibility index (Phi) is 3.70. The molecular weight excluding hydrogens is 127 g/mol. The van der Waals surface area contributed by atoms with Crippen LogP contribution >= 0.6 is 15.9 Å². The van der Waals surface area contributed by atoms with E-state index in [-0.39, 0.29) is 0 Å². The quantitative estimate of drug-likeness (QED) is 0.338. The fourth-order valence-electron chi connectivity index (χ4n) is 0. The van der Waals surface area contributed by atoms with Gasteiger partial charge in [0.15, 0.2) is 0 Å². The molecule has 0 aromatic heterocycles. The normalized spacial score (nSPS) is 16.0. The van der Waals surface area contributed by atoms with Gasteiger partial charge in [0.25, 0.3) is 0 Å². The van der Waals surface area contributed by atoms with Gasteiger partial charge in [-0.25, -0.2) is 0 Å². The molecule has 1 unspecified atom stereocenters. The predicted octanol–water partition coefficient (Wildman–Crippen LogP) is 0.896. The molecule has 0 saturated carbocycles. The van der Waals surface area contributed by atoms with Crippen molar-refractivity contribution < 1.29 is 0 Å². The van der Waals surface area contributed by atoms with Gasteiger partial charge in [-0.3, -0.25) is 0 Å². The van der Waals surface area contributed by atoms with Crippen LogP contribution in [0.3, 0.4) is 0 Å². The summed E-state index contributed by atoms with van der Waals surface area (Å²) in [6.45, 7) is 2.15. The van der Waals surface area contributed by atoms with Crippen LogP contribution in [0.5, 0.6) is 0 Å². The predicted molar refractivity (Wildman–Crippen MR) is 24.1 cm³/mol.